The van der Waals surface area contributed by atoms with Crippen molar-refractivity contribution in [3.05, 3.63) is 195 Å². The van der Waals surface area contributed by atoms with Crippen molar-refractivity contribution in [1.29, 1.82) is 0 Å². The van der Waals surface area contributed by atoms with Gasteiger partial charge in [0.15, 0.2) is 8.07 Å². The molecule has 0 saturated heterocycles. The summed E-state index contributed by atoms with van der Waals surface area (Å²) in [5, 5.41) is 9.95. The molecule has 0 aliphatic carbocycles. The monoisotopic (exact) mass is 668 g/mol. The Bertz CT molecular complexity index is 2770. The van der Waals surface area contributed by atoms with Crippen LogP contribution in [0.25, 0.3) is 55.0 Å². The van der Waals surface area contributed by atoms with Gasteiger partial charge in [-0.15, -0.1) is 0 Å². The standard InChI is InChI=1S/C46H32N4Si/c1-2-13-33(14-3-1)49-45-24-9-6-21-41(45)42-30-36(25-26-46(42)49)51(37-17-11-27-47-31-37,38-18-12-28-48-32-38)35-16-10-15-34(29-35)50-43-22-7-4-19-39(43)40-20-5-8-23-44(40)50/h1-32H. The Hall–Kier alpha value is -6.56. The predicted molar refractivity (Wildman–Crippen MR) is 214 cm³/mol. The first kappa shape index (κ1) is 29.4. The van der Waals surface area contributed by atoms with Crippen LogP contribution in [0.2, 0.25) is 0 Å². The van der Waals surface area contributed by atoms with Crippen molar-refractivity contribution in [1.82, 2.24) is 19.1 Å². The van der Waals surface area contributed by atoms with Gasteiger partial charge in [-0.1, -0.05) is 109 Å². The first-order valence-electron chi connectivity index (χ1n) is 17.3. The summed E-state index contributed by atoms with van der Waals surface area (Å²) in [7, 11) is -3.00. The summed E-state index contributed by atoms with van der Waals surface area (Å²) in [6, 6.07) is 61.9. The fraction of sp³-hybridized carbons (Fsp3) is 0. The lowest BCUT2D eigenvalue weighted by molar-refractivity contribution is 1.18. The molecule has 0 aliphatic heterocycles. The van der Waals surface area contributed by atoms with Crippen LogP contribution in [0, 0.1) is 0 Å². The topological polar surface area (TPSA) is 35.6 Å². The Labute approximate surface area is 296 Å². The zero-order chi connectivity index (χ0) is 33.8. The van der Waals surface area contributed by atoms with Crippen molar-refractivity contribution < 1.29 is 0 Å². The Morgan fingerprint density at radius 1 is 0.333 bits per heavy atom. The van der Waals surface area contributed by atoms with Crippen LogP contribution in [-0.4, -0.2) is 27.2 Å². The molecule has 0 saturated carbocycles. The maximum Gasteiger partial charge on any atom is 0.182 e. The van der Waals surface area contributed by atoms with Gasteiger partial charge in [-0.3, -0.25) is 9.97 Å². The van der Waals surface area contributed by atoms with Gasteiger partial charge in [0, 0.05) is 57.7 Å². The second-order valence-corrected chi connectivity index (χ2v) is 16.9. The van der Waals surface area contributed by atoms with E-state index in [1.165, 1.54) is 64.4 Å². The van der Waals surface area contributed by atoms with Gasteiger partial charge in [-0.2, -0.15) is 0 Å². The van der Waals surface area contributed by atoms with Crippen molar-refractivity contribution in [2.24, 2.45) is 0 Å². The summed E-state index contributed by atoms with van der Waals surface area (Å²) >= 11 is 0. The number of aromatic nitrogens is 4. The first-order chi connectivity index (χ1) is 25.3. The Morgan fingerprint density at radius 3 is 1.39 bits per heavy atom. The van der Waals surface area contributed by atoms with Gasteiger partial charge < -0.3 is 9.13 Å². The highest BCUT2D eigenvalue weighted by Gasteiger charge is 2.42. The molecule has 51 heavy (non-hydrogen) atoms. The van der Waals surface area contributed by atoms with Crippen molar-refractivity contribution in [3.8, 4) is 11.4 Å². The lowest BCUT2D eigenvalue weighted by Crippen LogP contribution is -2.75. The average Bonchev–Trinajstić information content (AvgIpc) is 3.72. The van der Waals surface area contributed by atoms with Crippen LogP contribution in [0.5, 0.6) is 0 Å². The molecule has 6 aromatic carbocycles. The third kappa shape index (κ3) is 4.45. The van der Waals surface area contributed by atoms with Gasteiger partial charge in [0.05, 0.1) is 22.1 Å². The molecule has 0 aliphatic rings. The smallest absolute Gasteiger partial charge is 0.182 e. The molecule has 0 unspecified atom stereocenters. The molecule has 4 nitrogen and oxygen atoms in total. The van der Waals surface area contributed by atoms with E-state index in [1.807, 2.05) is 12.4 Å². The molecule has 0 radical (unpaired) electrons. The number of para-hydroxylation sites is 4. The molecule has 4 heterocycles. The molecule has 240 valence electrons. The summed E-state index contributed by atoms with van der Waals surface area (Å²) in [6.07, 6.45) is 7.89. The largest absolute Gasteiger partial charge is 0.309 e. The summed E-state index contributed by atoms with van der Waals surface area (Å²) in [5.41, 5.74) is 7.06. The van der Waals surface area contributed by atoms with E-state index in [2.05, 4.69) is 191 Å². The second-order valence-electron chi connectivity index (χ2n) is 13.1. The Balaban J connectivity index is 1.30. The van der Waals surface area contributed by atoms with E-state index in [9.17, 15) is 0 Å². The summed E-state index contributed by atoms with van der Waals surface area (Å²) in [5.74, 6) is 0. The lowest BCUT2D eigenvalue weighted by atomic mass is 10.1. The van der Waals surface area contributed by atoms with Crippen LogP contribution in [0.1, 0.15) is 0 Å². The molecule has 10 rings (SSSR count). The molecular formula is C46H32N4Si. The number of benzene rings is 6. The molecule has 0 fully saturated rings. The summed E-state index contributed by atoms with van der Waals surface area (Å²) < 4.78 is 4.80. The molecule has 0 bridgehead atoms. The first-order valence-corrected chi connectivity index (χ1v) is 19.3. The van der Waals surface area contributed by atoms with E-state index in [1.54, 1.807) is 0 Å². The molecule has 5 heteroatoms. The highest BCUT2D eigenvalue weighted by Crippen LogP contribution is 2.33. The zero-order valence-corrected chi connectivity index (χ0v) is 28.8. The summed E-state index contributed by atoms with van der Waals surface area (Å²) in [4.78, 5) is 9.48. The zero-order valence-electron chi connectivity index (χ0n) is 27.8. The van der Waals surface area contributed by atoms with E-state index in [-0.39, 0.29) is 0 Å². The maximum absolute atomic E-state index is 4.74. The van der Waals surface area contributed by atoms with Crippen molar-refractivity contribution in [3.63, 3.8) is 0 Å². The molecule has 4 aromatic heterocycles. The highest BCUT2D eigenvalue weighted by atomic mass is 28.3. The molecule has 0 amide bonds. The van der Waals surface area contributed by atoms with Crippen LogP contribution in [0.3, 0.4) is 0 Å². The Morgan fingerprint density at radius 2 is 0.804 bits per heavy atom. The maximum atomic E-state index is 4.74. The quantitative estimate of drug-likeness (QED) is 0.168. The molecule has 10 aromatic rings. The van der Waals surface area contributed by atoms with Gasteiger partial charge in [-0.25, -0.2) is 0 Å². The minimum absolute atomic E-state index is 1.14. The third-order valence-electron chi connectivity index (χ3n) is 10.4. The van der Waals surface area contributed by atoms with Crippen LogP contribution >= 0.6 is 0 Å². The van der Waals surface area contributed by atoms with Gasteiger partial charge in [0.2, 0.25) is 0 Å². The van der Waals surface area contributed by atoms with E-state index < -0.39 is 8.07 Å². The van der Waals surface area contributed by atoms with Crippen LogP contribution < -0.4 is 20.7 Å². The van der Waals surface area contributed by atoms with E-state index >= 15 is 0 Å². The van der Waals surface area contributed by atoms with Crippen LogP contribution in [-0.2, 0) is 0 Å². The summed E-state index contributed by atoms with van der Waals surface area (Å²) in [6.45, 7) is 0. The van der Waals surface area contributed by atoms with Gasteiger partial charge >= 0.3 is 0 Å². The highest BCUT2D eigenvalue weighted by molar-refractivity contribution is 7.20. The third-order valence-corrected chi connectivity index (χ3v) is 15.1. The number of nitrogens with zero attached hydrogens (tertiary/aromatic N) is 4. The van der Waals surface area contributed by atoms with Crippen molar-refractivity contribution >= 4 is 72.4 Å². The number of pyridine rings is 2. The SMILES string of the molecule is c1ccc(-n2c3ccccc3c3cc([Si](c4cccnc4)(c4cccnc4)c4cccc(-n5c6ccccc6c6ccccc65)c4)ccc32)cc1. The normalized spacial score (nSPS) is 11.9. The Kier molecular flexibility index (Phi) is 6.79. The minimum atomic E-state index is -3.00. The van der Waals surface area contributed by atoms with E-state index in [0.717, 1.165) is 11.4 Å². The van der Waals surface area contributed by atoms with Gasteiger partial charge in [0.25, 0.3) is 0 Å². The number of hydrogen-bond donors (Lipinski definition) is 0. The fourth-order valence-electron chi connectivity index (χ4n) is 8.31. The average molecular weight is 669 g/mol. The van der Waals surface area contributed by atoms with Crippen molar-refractivity contribution in [2.45, 2.75) is 0 Å². The lowest BCUT2D eigenvalue weighted by Gasteiger charge is -2.34. The van der Waals surface area contributed by atoms with Gasteiger partial charge in [-0.05, 0) is 81.4 Å². The van der Waals surface area contributed by atoms with E-state index in [4.69, 9.17) is 9.97 Å². The fourth-order valence-corrected chi connectivity index (χ4v) is 12.9. The van der Waals surface area contributed by atoms with Crippen LogP contribution in [0.4, 0.5) is 0 Å². The van der Waals surface area contributed by atoms with Crippen molar-refractivity contribution in [2.75, 3.05) is 0 Å². The number of hydrogen-bond acceptors (Lipinski definition) is 2. The number of rotatable bonds is 6. The van der Waals surface area contributed by atoms with Crippen LogP contribution in [0.15, 0.2) is 195 Å². The van der Waals surface area contributed by atoms with E-state index in [0.29, 0.717) is 0 Å². The van der Waals surface area contributed by atoms with Gasteiger partial charge in [0.1, 0.15) is 0 Å². The second kappa shape index (κ2) is 11.8. The predicted octanol–water partition coefficient (Wildman–Crippen LogP) is 8.05. The molecule has 0 spiro atoms. The number of fused-ring (bicyclic) bond motifs is 6. The minimum Gasteiger partial charge on any atom is -0.309 e. The molecule has 0 N–H and O–H groups in total. The molecular weight excluding hydrogens is 637 g/mol. The molecule has 0 atom stereocenters.